The van der Waals surface area contributed by atoms with Crippen molar-refractivity contribution in [3.8, 4) is 0 Å². The third kappa shape index (κ3) is 4.14. The van der Waals surface area contributed by atoms with Gasteiger partial charge in [0, 0.05) is 16.2 Å². The summed E-state index contributed by atoms with van der Waals surface area (Å²) < 4.78 is 33.5. The van der Waals surface area contributed by atoms with Gasteiger partial charge in [-0.15, -0.1) is 11.3 Å². The highest BCUT2D eigenvalue weighted by molar-refractivity contribution is 7.93. The highest BCUT2D eigenvalue weighted by Gasteiger charge is 2.59. The van der Waals surface area contributed by atoms with E-state index in [4.69, 9.17) is 4.74 Å². The van der Waals surface area contributed by atoms with Gasteiger partial charge >= 0.3 is 5.97 Å². The Morgan fingerprint density at radius 1 is 1.29 bits per heavy atom. The van der Waals surface area contributed by atoms with Gasteiger partial charge in [0.15, 0.2) is 5.13 Å². The number of anilines is 1. The highest BCUT2D eigenvalue weighted by atomic mass is 32.2. The van der Waals surface area contributed by atoms with Gasteiger partial charge in [0.25, 0.3) is 10.0 Å². The topological polar surface area (TPSA) is 126 Å². The third-order valence-electron chi connectivity index (χ3n) is 8.05. The molecule has 0 amide bonds. The minimum Gasteiger partial charge on any atom is -0.469 e. The van der Waals surface area contributed by atoms with Gasteiger partial charge in [-0.1, -0.05) is 31.5 Å². The number of fused-ring (bicyclic) bond motifs is 2. The van der Waals surface area contributed by atoms with Crippen molar-refractivity contribution in [2.75, 3.05) is 18.4 Å². The molecule has 5 atom stereocenters. The van der Waals surface area contributed by atoms with E-state index in [-0.39, 0.29) is 40.9 Å². The first-order chi connectivity index (χ1) is 15.9. The Balaban J connectivity index is 1.75. The number of nitrogens with one attached hydrogen (secondary N) is 1. The minimum atomic E-state index is -3.83. The zero-order chi connectivity index (χ0) is 24.9. The molecule has 1 heterocycles. The summed E-state index contributed by atoms with van der Waals surface area (Å²) in [6.45, 7) is 5.68. The molecule has 2 aromatic rings. The number of ether oxygens (including phenoxy) is 1. The number of thiazole rings is 1. The first kappa shape index (κ1) is 25.1. The van der Waals surface area contributed by atoms with Crippen LogP contribution in [0.25, 0.3) is 0 Å². The van der Waals surface area contributed by atoms with E-state index in [1.54, 1.807) is 24.3 Å². The zero-order valence-electron chi connectivity index (χ0n) is 19.9. The molecular weight excluding hydrogens is 476 g/mol. The summed E-state index contributed by atoms with van der Waals surface area (Å²) in [5.41, 5.74) is 0.496. The van der Waals surface area contributed by atoms with E-state index < -0.39 is 27.0 Å². The van der Waals surface area contributed by atoms with Crippen molar-refractivity contribution in [2.24, 2.45) is 16.7 Å². The quantitative estimate of drug-likeness (QED) is 0.512. The molecule has 0 aliphatic heterocycles. The first-order valence-corrected chi connectivity index (χ1v) is 13.7. The number of benzene rings is 1. The largest absolute Gasteiger partial charge is 0.469 e. The number of methoxy groups -OCH3 is 1. The average molecular weight is 509 g/mol. The molecule has 3 N–H and O–H groups in total. The summed E-state index contributed by atoms with van der Waals surface area (Å²) in [6.07, 6.45) is 1.15. The molecule has 1 saturated carbocycles. The molecule has 1 aromatic carbocycles. The third-order valence-corrected chi connectivity index (χ3v) is 10.5. The molecule has 1 aromatic heterocycles. The van der Waals surface area contributed by atoms with Crippen molar-refractivity contribution < 1.29 is 28.2 Å². The molecular formula is C24H32N2O6S2. The summed E-state index contributed by atoms with van der Waals surface area (Å²) in [7, 11) is -2.48. The summed E-state index contributed by atoms with van der Waals surface area (Å²) in [5.74, 6) is -0.802. The van der Waals surface area contributed by atoms with Crippen LogP contribution in [0.5, 0.6) is 0 Å². The van der Waals surface area contributed by atoms with Crippen LogP contribution in [0.2, 0.25) is 0 Å². The van der Waals surface area contributed by atoms with Crippen molar-refractivity contribution in [3.63, 3.8) is 0 Å². The van der Waals surface area contributed by atoms with E-state index in [1.165, 1.54) is 18.4 Å². The number of carbonyl (C=O) groups is 1. The lowest BCUT2D eigenvalue weighted by atomic mass is 9.47. The van der Waals surface area contributed by atoms with Gasteiger partial charge in [-0.25, -0.2) is 13.4 Å². The summed E-state index contributed by atoms with van der Waals surface area (Å²) >= 11 is 1.25. The molecule has 8 nitrogen and oxygen atoms in total. The van der Waals surface area contributed by atoms with Crippen LogP contribution in [0, 0.1) is 23.7 Å². The Hall–Kier alpha value is -2.01. The smallest absolute Gasteiger partial charge is 0.306 e. The molecule has 1 fully saturated rings. The van der Waals surface area contributed by atoms with Crippen LogP contribution in [0.4, 0.5) is 5.13 Å². The van der Waals surface area contributed by atoms with Crippen LogP contribution in [0.3, 0.4) is 0 Å². The Morgan fingerprint density at radius 3 is 2.59 bits per heavy atom. The summed E-state index contributed by atoms with van der Waals surface area (Å²) in [4.78, 5) is 18.1. The lowest BCUT2D eigenvalue weighted by Crippen LogP contribution is -2.57. The van der Waals surface area contributed by atoms with Crippen molar-refractivity contribution in [1.29, 1.82) is 0 Å². The normalized spacial score (nSPS) is 30.8. The Kier molecular flexibility index (Phi) is 6.56. The molecule has 0 saturated heterocycles. The second-order valence-corrected chi connectivity index (χ2v) is 12.8. The number of hydrogen-bond donors (Lipinski definition) is 3. The Labute approximate surface area is 204 Å². The van der Waals surface area contributed by atoms with E-state index in [1.807, 2.05) is 13.8 Å². The maximum atomic E-state index is 13.0. The fourth-order valence-corrected chi connectivity index (χ4v) is 8.13. The predicted molar refractivity (Wildman–Crippen MR) is 129 cm³/mol. The molecule has 0 unspecified atom stereocenters. The van der Waals surface area contributed by atoms with Crippen LogP contribution in [0.1, 0.15) is 55.2 Å². The second-order valence-electron chi connectivity index (χ2n) is 10.1. The van der Waals surface area contributed by atoms with E-state index >= 15 is 0 Å². The predicted octanol–water partition coefficient (Wildman–Crippen LogP) is 3.23. The van der Waals surface area contributed by atoms with E-state index in [0.29, 0.717) is 25.0 Å². The van der Waals surface area contributed by atoms with Crippen LogP contribution < -0.4 is 4.72 Å². The van der Waals surface area contributed by atoms with Crippen LogP contribution >= 0.6 is 11.3 Å². The molecule has 0 bridgehead atoms. The second kappa shape index (κ2) is 8.89. The van der Waals surface area contributed by atoms with E-state index in [0.717, 1.165) is 10.4 Å². The lowest BCUT2D eigenvalue weighted by molar-refractivity contribution is -0.152. The number of aromatic nitrogens is 1. The molecule has 186 valence electrons. The van der Waals surface area contributed by atoms with Gasteiger partial charge in [-0.3, -0.25) is 9.52 Å². The number of carbonyl (C=O) groups excluding carboxylic acids is 1. The van der Waals surface area contributed by atoms with E-state index in [2.05, 4.69) is 16.6 Å². The maximum absolute atomic E-state index is 13.0. The van der Waals surface area contributed by atoms with E-state index in [9.17, 15) is 23.4 Å². The molecule has 34 heavy (non-hydrogen) atoms. The number of hydrogen-bond acceptors (Lipinski definition) is 8. The van der Waals surface area contributed by atoms with Crippen LogP contribution in [0.15, 0.2) is 29.2 Å². The van der Waals surface area contributed by atoms with Crippen LogP contribution in [-0.4, -0.2) is 49.4 Å². The summed E-state index contributed by atoms with van der Waals surface area (Å²) in [6, 6.07) is 6.57. The first-order valence-electron chi connectivity index (χ1n) is 11.4. The van der Waals surface area contributed by atoms with Crippen molar-refractivity contribution in [3.05, 3.63) is 40.4 Å². The number of esters is 1. The van der Waals surface area contributed by atoms with Gasteiger partial charge < -0.3 is 14.9 Å². The number of aliphatic hydroxyl groups is 2. The molecule has 10 heteroatoms. The van der Waals surface area contributed by atoms with Gasteiger partial charge in [-0.2, -0.15) is 0 Å². The van der Waals surface area contributed by atoms with Gasteiger partial charge in [0.2, 0.25) is 0 Å². The fourth-order valence-electron chi connectivity index (χ4n) is 5.83. The van der Waals surface area contributed by atoms with Crippen molar-refractivity contribution in [1.82, 2.24) is 4.98 Å². The number of aryl methyl sites for hydroxylation is 1. The lowest BCUT2D eigenvalue weighted by Gasteiger charge is -2.58. The number of nitrogens with zero attached hydrogens (tertiary/aromatic N) is 1. The minimum absolute atomic E-state index is 0.0992. The Bertz CT molecular complexity index is 1180. The Morgan fingerprint density at radius 2 is 1.97 bits per heavy atom. The molecule has 4 rings (SSSR count). The molecule has 2 aliphatic carbocycles. The van der Waals surface area contributed by atoms with Gasteiger partial charge in [-0.05, 0) is 49.7 Å². The SMILES string of the molecule is COC(=O)C[C@@H]1c2nc(NS(=O)(=O)c3ccc(C)cc3)sc2C[C@@H]2[C@](C)(CO)[C@H](O)CC[C@]21C. The standard InChI is InChI=1S/C24H32N2O6S2/c1-14-5-7-15(8-6-14)34(30,31)26-22-25-21-16(11-20(29)32-4)23(2)10-9-19(28)24(3,13-27)18(23)12-17(21)33-22/h5-8,16,18-19,27-28H,9-13H2,1-4H3,(H,25,26)/t16-,18+,19-,23+,24+/m1/s1. The van der Waals surface area contributed by atoms with Gasteiger partial charge in [0.05, 0.1) is 36.8 Å². The number of rotatable bonds is 6. The average Bonchev–Trinajstić information content (AvgIpc) is 3.19. The van der Waals surface area contributed by atoms with Crippen LogP contribution in [-0.2, 0) is 26.0 Å². The van der Waals surface area contributed by atoms with Gasteiger partial charge in [0.1, 0.15) is 0 Å². The maximum Gasteiger partial charge on any atom is 0.306 e. The molecule has 0 spiro atoms. The zero-order valence-corrected chi connectivity index (χ0v) is 21.5. The van der Waals surface area contributed by atoms with Crippen molar-refractivity contribution >= 4 is 32.5 Å². The monoisotopic (exact) mass is 508 g/mol. The molecule has 0 radical (unpaired) electrons. The fraction of sp³-hybridized carbons (Fsp3) is 0.583. The molecule has 2 aliphatic rings. The highest BCUT2D eigenvalue weighted by Crippen LogP contribution is 2.62. The number of aliphatic hydroxyl groups excluding tert-OH is 2. The number of sulfonamides is 1. The van der Waals surface area contributed by atoms with Crippen molar-refractivity contribution in [2.45, 2.75) is 63.4 Å². The summed E-state index contributed by atoms with van der Waals surface area (Å²) in [5, 5.41) is 21.3.